The number of nitrogens with one attached hydrogen (secondary N) is 8. The van der Waals surface area contributed by atoms with Crippen molar-refractivity contribution in [3.05, 3.63) is 0 Å². The Bertz CT molecular complexity index is 1810. The number of likely N-dealkylation sites (N-methyl/N-ethyl adjacent to an activating group) is 2. The van der Waals surface area contributed by atoms with Gasteiger partial charge in [0.25, 0.3) is 0 Å². The monoisotopic (exact) mass is 982 g/mol. The van der Waals surface area contributed by atoms with Gasteiger partial charge in [-0.15, -0.1) is 0 Å². The molecule has 0 aromatic carbocycles. The smallest absolute Gasteiger partial charge is 0.245 e. The summed E-state index contributed by atoms with van der Waals surface area (Å²) in [5.74, 6) is -8.86. The highest BCUT2D eigenvalue weighted by molar-refractivity contribution is 5.98. The molecule has 0 saturated carbocycles. The van der Waals surface area contributed by atoms with Gasteiger partial charge >= 0.3 is 0 Å². The Morgan fingerprint density at radius 1 is 0.710 bits per heavy atom. The van der Waals surface area contributed by atoms with Gasteiger partial charge < -0.3 is 74.0 Å². The molecule has 1 heterocycles. The maximum Gasteiger partial charge on any atom is 0.245 e. The van der Waals surface area contributed by atoms with Crippen LogP contribution in [0.4, 0.5) is 0 Å². The summed E-state index contributed by atoms with van der Waals surface area (Å²) < 4.78 is 0. The molecule has 0 unspecified atom stereocenters. The number of hydrogen-bond donors (Lipinski definition) is 12. The molecule has 0 bridgehead atoms. The highest BCUT2D eigenvalue weighted by Crippen LogP contribution is 2.20. The first-order valence-corrected chi connectivity index (χ1v) is 23.6. The fraction of sp³-hybridized carbons (Fsp3) is 0.750. The van der Waals surface area contributed by atoms with E-state index in [9.17, 15) is 58.2 Å². The van der Waals surface area contributed by atoms with E-state index >= 15 is 0 Å². The Morgan fingerprint density at radius 2 is 1.23 bits per heavy atom. The van der Waals surface area contributed by atoms with E-state index in [0.29, 0.717) is 32.2 Å². The molecule has 25 nitrogen and oxygen atoms in total. The summed E-state index contributed by atoms with van der Waals surface area (Å²) >= 11 is 0. The lowest BCUT2D eigenvalue weighted by Crippen LogP contribution is -2.63. The Labute approximate surface area is 404 Å². The van der Waals surface area contributed by atoms with Gasteiger partial charge in [0.15, 0.2) is 5.96 Å². The molecule has 0 aromatic rings. The first kappa shape index (κ1) is 60.9. The fourth-order valence-corrected chi connectivity index (χ4v) is 7.14. The molecule has 392 valence electrons. The molecule has 1 saturated heterocycles. The molecule has 69 heavy (non-hydrogen) atoms. The van der Waals surface area contributed by atoms with Gasteiger partial charge in [0, 0.05) is 33.6 Å². The second-order valence-electron chi connectivity index (χ2n) is 17.7. The van der Waals surface area contributed by atoms with E-state index in [2.05, 4.69) is 47.5 Å². The maximum absolute atomic E-state index is 14.0. The van der Waals surface area contributed by atoms with Gasteiger partial charge in [-0.1, -0.05) is 54.4 Å². The van der Waals surface area contributed by atoms with Crippen LogP contribution in [0.5, 0.6) is 0 Å². The number of rotatable bonds is 29. The fourth-order valence-electron chi connectivity index (χ4n) is 7.14. The van der Waals surface area contributed by atoms with Crippen molar-refractivity contribution < 1.29 is 58.2 Å². The van der Waals surface area contributed by atoms with E-state index in [0.717, 1.165) is 4.90 Å². The summed E-state index contributed by atoms with van der Waals surface area (Å²) in [4.78, 5) is 139. The molecule has 1 aliphatic heterocycles. The zero-order valence-corrected chi connectivity index (χ0v) is 41.8. The molecule has 1 aliphatic rings. The van der Waals surface area contributed by atoms with Crippen molar-refractivity contribution in [1.82, 2.24) is 52.3 Å². The molecule has 10 amide bonds. The van der Waals surface area contributed by atoms with Crippen molar-refractivity contribution in [2.24, 2.45) is 34.2 Å². The number of aliphatic hydroxyl groups is 2. The molecule has 1 fully saturated rings. The largest absolute Gasteiger partial charge is 0.394 e. The highest BCUT2D eigenvalue weighted by atomic mass is 16.3. The Kier molecular flexibility index (Phi) is 26.8. The highest BCUT2D eigenvalue weighted by Gasteiger charge is 2.40. The Hall–Kier alpha value is -6.11. The van der Waals surface area contributed by atoms with Gasteiger partial charge in [0.2, 0.25) is 59.1 Å². The summed E-state index contributed by atoms with van der Waals surface area (Å²) in [7, 11) is 1.41. The first-order valence-electron chi connectivity index (χ1n) is 23.6. The predicted octanol–water partition coefficient (Wildman–Crippen LogP) is -4.21. The van der Waals surface area contributed by atoms with E-state index in [-0.39, 0.29) is 50.2 Å². The number of likely N-dealkylation sites (tertiary alicyclic amines) is 1. The van der Waals surface area contributed by atoms with Crippen LogP contribution in [0, 0.1) is 17.8 Å². The second-order valence-corrected chi connectivity index (χ2v) is 17.7. The molecule has 14 N–H and O–H groups in total. The van der Waals surface area contributed by atoms with Crippen molar-refractivity contribution in [2.45, 2.75) is 149 Å². The average Bonchev–Trinajstić information content (AvgIpc) is 3.79. The van der Waals surface area contributed by atoms with Crippen LogP contribution in [-0.2, 0) is 47.9 Å². The van der Waals surface area contributed by atoms with Gasteiger partial charge in [0.05, 0.1) is 25.8 Å². The van der Waals surface area contributed by atoms with Gasteiger partial charge in [-0.2, -0.15) is 0 Å². The summed E-state index contributed by atoms with van der Waals surface area (Å²) in [6.07, 6.45) is 0.450. The zero-order valence-electron chi connectivity index (χ0n) is 41.8. The lowest BCUT2D eigenvalue weighted by atomic mass is 9.96. The Balaban J connectivity index is 3.25. The molecule has 25 heteroatoms. The van der Waals surface area contributed by atoms with Crippen molar-refractivity contribution >= 4 is 65.0 Å². The average molecular weight is 982 g/mol. The summed E-state index contributed by atoms with van der Waals surface area (Å²) in [5, 5.41) is 41.3. The third-order valence-electron chi connectivity index (χ3n) is 11.8. The van der Waals surface area contributed by atoms with Crippen molar-refractivity contribution in [1.29, 1.82) is 0 Å². The SMILES string of the molecule is CCNC(=O)[C@@H]1CCCN1C(=O)[C@H](CCCN=C(N)N)NC(=O)[C@@H](NC(=O)[C@H](CO)NC(=O)[C@@H](NC(=O)[C@H](NC(=O)[C@@H](NC(=O)CNC(=O)CN(C)C(C)=O)C(C)C)[C@@H](C)CC)[C@@H](C)O)[C@@H](C)CC. The van der Waals surface area contributed by atoms with Crippen LogP contribution in [0.15, 0.2) is 4.99 Å². The number of hydrogen-bond acceptors (Lipinski definition) is 13. The van der Waals surface area contributed by atoms with Crippen LogP contribution < -0.4 is 54.0 Å². The number of aliphatic hydroxyl groups excluding tert-OH is 2. The van der Waals surface area contributed by atoms with Crippen LogP contribution >= 0.6 is 0 Å². The minimum absolute atomic E-state index is 0.0728. The molecule has 0 aromatic heterocycles. The second kappa shape index (κ2) is 30.4. The minimum atomic E-state index is -1.73. The molecular formula is C44H79N13O12. The van der Waals surface area contributed by atoms with E-state index in [1.165, 1.54) is 25.8 Å². The van der Waals surface area contributed by atoms with Crippen LogP contribution in [0.2, 0.25) is 0 Å². The lowest BCUT2D eigenvalue weighted by Gasteiger charge is -2.31. The summed E-state index contributed by atoms with van der Waals surface area (Å²) in [6, 6.07) is -9.15. The molecule has 0 aliphatic carbocycles. The number of amides is 10. The molecule has 1 rings (SSSR count). The molecule has 0 spiro atoms. The van der Waals surface area contributed by atoms with Crippen molar-refractivity contribution in [2.75, 3.05) is 46.4 Å². The molecular weight excluding hydrogens is 903 g/mol. The minimum Gasteiger partial charge on any atom is -0.394 e. The third-order valence-corrected chi connectivity index (χ3v) is 11.8. The summed E-state index contributed by atoms with van der Waals surface area (Å²) in [5.41, 5.74) is 10.9. The van der Waals surface area contributed by atoms with Gasteiger partial charge in [-0.3, -0.25) is 52.9 Å². The number of nitrogens with zero attached hydrogens (tertiary/aromatic N) is 3. The Morgan fingerprint density at radius 3 is 1.74 bits per heavy atom. The van der Waals surface area contributed by atoms with Gasteiger partial charge in [-0.05, 0) is 57.3 Å². The number of guanidine groups is 1. The molecule has 10 atom stereocenters. The third kappa shape index (κ3) is 20.2. The predicted molar refractivity (Wildman–Crippen MR) is 254 cm³/mol. The topological polar surface area (TPSA) is 378 Å². The van der Waals surface area contributed by atoms with Gasteiger partial charge in [-0.25, -0.2) is 0 Å². The van der Waals surface area contributed by atoms with Crippen LogP contribution in [-0.4, -0.2) is 180 Å². The van der Waals surface area contributed by atoms with Crippen LogP contribution in [0.1, 0.15) is 101 Å². The van der Waals surface area contributed by atoms with E-state index in [1.807, 2.05) is 0 Å². The zero-order chi connectivity index (χ0) is 52.7. The van der Waals surface area contributed by atoms with E-state index in [4.69, 9.17) is 11.5 Å². The number of aliphatic imine (C=N–C) groups is 1. The van der Waals surface area contributed by atoms with Crippen molar-refractivity contribution in [3.8, 4) is 0 Å². The van der Waals surface area contributed by atoms with Gasteiger partial charge in [0.1, 0.15) is 42.3 Å². The van der Waals surface area contributed by atoms with Crippen LogP contribution in [0.3, 0.4) is 0 Å². The van der Waals surface area contributed by atoms with E-state index in [1.54, 1.807) is 48.5 Å². The lowest BCUT2D eigenvalue weighted by molar-refractivity contribution is -0.142. The first-order chi connectivity index (χ1) is 32.3. The normalized spacial score (nSPS) is 17.2. The number of nitrogens with two attached hydrogens (primary N) is 2. The van der Waals surface area contributed by atoms with Crippen LogP contribution in [0.25, 0.3) is 0 Å². The van der Waals surface area contributed by atoms with Crippen molar-refractivity contribution in [3.63, 3.8) is 0 Å². The van der Waals surface area contributed by atoms with E-state index < -0.39 is 127 Å². The number of carbonyl (C=O) groups excluding carboxylic acids is 10. The molecule has 0 radical (unpaired) electrons. The standard InChI is InChI=1S/C44H79N13O12/c1-11-24(6)34(40(66)50-28(16-14-18-48-44(45)46)43(69)57-19-15-17-30(57)38(64)47-13-3)53-37(63)29(22-58)51-42(68)36(26(8)59)55-41(67)35(25(7)12-2)54-39(65)33(23(4)5)52-31(61)20-49-32(62)21-56(10)27(9)60/h23-26,28-30,33-36,58-59H,11-22H2,1-10H3,(H,47,64)(H,49,62)(H,50,66)(H,51,68)(H,52,61)(H,53,63)(H,54,65)(H,55,67)(H4,45,46,48)/t24-,25-,26+,28-,29-,30-,33-,34-,35+,36-/m0/s1. The quantitative estimate of drug-likeness (QED) is 0.0192. The number of carbonyl (C=O) groups is 10. The summed E-state index contributed by atoms with van der Waals surface area (Å²) in [6.45, 7) is 13.3. The maximum atomic E-state index is 14.0.